The Labute approximate surface area is 139 Å². The van der Waals surface area contributed by atoms with Crippen LogP contribution in [0.3, 0.4) is 0 Å². The number of rotatable bonds is 4. The summed E-state index contributed by atoms with van der Waals surface area (Å²) in [6.45, 7) is 0. The number of halogens is 1. The Bertz CT molecular complexity index is 588. The third-order valence-corrected chi connectivity index (χ3v) is 4.27. The number of hydrogen-bond acceptors (Lipinski definition) is 3. The summed E-state index contributed by atoms with van der Waals surface area (Å²) in [7, 11) is 0. The highest BCUT2D eigenvalue weighted by atomic mass is 35.5. The van der Waals surface area contributed by atoms with Gasteiger partial charge in [0.15, 0.2) is 0 Å². The maximum absolute atomic E-state index is 12.1. The molecule has 1 aromatic rings. The van der Waals surface area contributed by atoms with Crippen molar-refractivity contribution in [2.24, 2.45) is 11.8 Å². The number of nitrogens with one attached hydrogen (secondary N) is 2. The largest absolute Gasteiger partial charge is 0.481 e. The van der Waals surface area contributed by atoms with Gasteiger partial charge in [-0.3, -0.25) is 25.2 Å². The minimum absolute atomic E-state index is 0.102. The highest BCUT2D eigenvalue weighted by Crippen LogP contribution is 2.30. The summed E-state index contributed by atoms with van der Waals surface area (Å²) < 4.78 is 0. The molecule has 6 nitrogen and oxygen atoms in total. The highest BCUT2D eigenvalue weighted by molar-refractivity contribution is 6.30. The van der Waals surface area contributed by atoms with E-state index in [-0.39, 0.29) is 12.3 Å². The highest BCUT2D eigenvalue weighted by Gasteiger charge is 2.35. The van der Waals surface area contributed by atoms with E-state index in [1.807, 2.05) is 0 Å². The average Bonchev–Trinajstić information content (AvgIpc) is 2.54. The standard InChI is InChI=1S/C16H19ClN2O4/c17-11-7-5-10(6-8-11)9-14(20)18-19-15(21)12-3-1-2-4-13(12)16(22)23/h5-8,12-13H,1-4,9H2,(H,18,20)(H,19,21)(H,22,23)/t12-,13-/m1/s1. The molecule has 0 radical (unpaired) electrons. The molecule has 2 atom stereocenters. The van der Waals surface area contributed by atoms with Crippen LogP contribution in [0.2, 0.25) is 5.02 Å². The zero-order valence-electron chi connectivity index (χ0n) is 12.5. The Balaban J connectivity index is 1.84. The van der Waals surface area contributed by atoms with E-state index >= 15 is 0 Å². The third-order valence-electron chi connectivity index (χ3n) is 4.02. The van der Waals surface area contributed by atoms with Gasteiger partial charge in [0.25, 0.3) is 0 Å². The number of carboxylic acid groups (broad SMARTS) is 1. The fraction of sp³-hybridized carbons (Fsp3) is 0.438. The lowest BCUT2D eigenvalue weighted by molar-refractivity contribution is -0.149. The number of carbonyl (C=O) groups excluding carboxylic acids is 2. The lowest BCUT2D eigenvalue weighted by Gasteiger charge is -2.27. The van der Waals surface area contributed by atoms with Crippen LogP contribution >= 0.6 is 11.6 Å². The Morgan fingerprint density at radius 3 is 2.26 bits per heavy atom. The number of hydrazine groups is 1. The van der Waals surface area contributed by atoms with Gasteiger partial charge in [-0.25, -0.2) is 0 Å². The molecule has 2 rings (SSSR count). The minimum Gasteiger partial charge on any atom is -0.481 e. The van der Waals surface area contributed by atoms with Crippen LogP contribution in [0.15, 0.2) is 24.3 Å². The molecule has 3 N–H and O–H groups in total. The molecule has 1 aliphatic rings. The van der Waals surface area contributed by atoms with Gasteiger partial charge in [-0.2, -0.15) is 0 Å². The predicted octanol–water partition coefficient (Wildman–Crippen LogP) is 1.92. The van der Waals surface area contributed by atoms with Crippen molar-refractivity contribution in [3.63, 3.8) is 0 Å². The Hall–Kier alpha value is -2.08. The molecule has 1 saturated carbocycles. The molecule has 2 amide bonds. The van der Waals surface area contributed by atoms with E-state index in [0.717, 1.165) is 18.4 Å². The van der Waals surface area contributed by atoms with Crippen molar-refractivity contribution < 1.29 is 19.5 Å². The molecule has 1 aliphatic carbocycles. The zero-order chi connectivity index (χ0) is 16.8. The van der Waals surface area contributed by atoms with Crippen molar-refractivity contribution in [1.29, 1.82) is 0 Å². The molecule has 7 heteroatoms. The van der Waals surface area contributed by atoms with Gasteiger partial charge in [0.05, 0.1) is 18.3 Å². The lowest BCUT2D eigenvalue weighted by atomic mass is 9.79. The summed E-state index contributed by atoms with van der Waals surface area (Å²) in [4.78, 5) is 35.1. The molecule has 0 aromatic heterocycles. The first kappa shape index (κ1) is 17.3. The summed E-state index contributed by atoms with van der Waals surface area (Å²) in [5, 5.41) is 9.76. The second-order valence-corrected chi connectivity index (χ2v) is 6.11. The summed E-state index contributed by atoms with van der Waals surface area (Å²) in [6.07, 6.45) is 2.75. The third kappa shape index (κ3) is 4.96. The van der Waals surface area contributed by atoms with E-state index in [9.17, 15) is 19.5 Å². The number of benzene rings is 1. The molecular weight excluding hydrogens is 320 g/mol. The van der Waals surface area contributed by atoms with Gasteiger partial charge in [-0.05, 0) is 30.5 Å². The topological polar surface area (TPSA) is 95.5 Å². The quantitative estimate of drug-likeness (QED) is 0.731. The van der Waals surface area contributed by atoms with Crippen molar-refractivity contribution in [2.45, 2.75) is 32.1 Å². The van der Waals surface area contributed by atoms with E-state index in [2.05, 4.69) is 10.9 Å². The molecule has 0 heterocycles. The van der Waals surface area contributed by atoms with Gasteiger partial charge in [0.2, 0.25) is 11.8 Å². The van der Waals surface area contributed by atoms with Crippen LogP contribution in [0.5, 0.6) is 0 Å². The monoisotopic (exact) mass is 338 g/mol. The molecule has 1 aromatic carbocycles. The second kappa shape index (κ2) is 7.97. The first-order chi connectivity index (χ1) is 11.0. The van der Waals surface area contributed by atoms with Crippen LogP contribution in [-0.4, -0.2) is 22.9 Å². The van der Waals surface area contributed by atoms with Crippen LogP contribution in [-0.2, 0) is 20.8 Å². The summed E-state index contributed by atoms with van der Waals surface area (Å²) in [5.41, 5.74) is 5.44. The number of amides is 2. The Morgan fingerprint density at radius 2 is 1.65 bits per heavy atom. The normalized spacial score (nSPS) is 20.6. The van der Waals surface area contributed by atoms with E-state index < -0.39 is 23.7 Å². The molecular formula is C16H19ClN2O4. The van der Waals surface area contributed by atoms with Crippen LogP contribution in [0.25, 0.3) is 0 Å². The van der Waals surface area contributed by atoms with E-state index in [4.69, 9.17) is 11.6 Å². The van der Waals surface area contributed by atoms with E-state index in [1.54, 1.807) is 24.3 Å². The van der Waals surface area contributed by atoms with Crippen molar-refractivity contribution in [1.82, 2.24) is 10.9 Å². The van der Waals surface area contributed by atoms with Gasteiger partial charge in [0, 0.05) is 5.02 Å². The molecule has 0 unspecified atom stereocenters. The summed E-state index contributed by atoms with van der Waals surface area (Å²) in [6, 6.07) is 6.82. The van der Waals surface area contributed by atoms with Crippen LogP contribution in [0.4, 0.5) is 0 Å². The first-order valence-electron chi connectivity index (χ1n) is 7.53. The number of carboxylic acids is 1. The molecule has 0 bridgehead atoms. The smallest absolute Gasteiger partial charge is 0.307 e. The fourth-order valence-corrected chi connectivity index (χ4v) is 2.92. The first-order valence-corrected chi connectivity index (χ1v) is 7.91. The molecule has 124 valence electrons. The maximum Gasteiger partial charge on any atom is 0.307 e. The van der Waals surface area contributed by atoms with E-state index in [1.165, 1.54) is 0 Å². The average molecular weight is 339 g/mol. The van der Waals surface area contributed by atoms with Crippen LogP contribution in [0, 0.1) is 11.8 Å². The van der Waals surface area contributed by atoms with Gasteiger partial charge in [0.1, 0.15) is 0 Å². The minimum atomic E-state index is -0.961. The fourth-order valence-electron chi connectivity index (χ4n) is 2.80. The molecule has 0 spiro atoms. The Morgan fingerprint density at radius 1 is 1.04 bits per heavy atom. The van der Waals surface area contributed by atoms with Gasteiger partial charge >= 0.3 is 5.97 Å². The zero-order valence-corrected chi connectivity index (χ0v) is 13.3. The van der Waals surface area contributed by atoms with Crippen molar-refractivity contribution >= 4 is 29.4 Å². The number of carbonyl (C=O) groups is 3. The number of aliphatic carboxylic acids is 1. The SMILES string of the molecule is O=C(Cc1ccc(Cl)cc1)NNC(=O)[C@@H]1CCCC[C@H]1C(=O)O. The second-order valence-electron chi connectivity index (χ2n) is 5.68. The summed E-state index contributed by atoms with van der Waals surface area (Å²) in [5.74, 6) is -3.06. The predicted molar refractivity (Wildman–Crippen MR) is 84.5 cm³/mol. The van der Waals surface area contributed by atoms with E-state index in [0.29, 0.717) is 17.9 Å². The van der Waals surface area contributed by atoms with Gasteiger partial charge in [-0.15, -0.1) is 0 Å². The Kier molecular flexibility index (Phi) is 5.98. The van der Waals surface area contributed by atoms with Crippen LogP contribution in [0.1, 0.15) is 31.2 Å². The molecule has 0 saturated heterocycles. The molecule has 1 fully saturated rings. The van der Waals surface area contributed by atoms with Crippen LogP contribution < -0.4 is 10.9 Å². The van der Waals surface area contributed by atoms with Crippen molar-refractivity contribution in [3.05, 3.63) is 34.9 Å². The van der Waals surface area contributed by atoms with Gasteiger partial charge in [-0.1, -0.05) is 36.6 Å². The summed E-state index contributed by atoms with van der Waals surface area (Å²) >= 11 is 5.77. The van der Waals surface area contributed by atoms with Gasteiger partial charge < -0.3 is 5.11 Å². The molecule has 23 heavy (non-hydrogen) atoms. The number of hydrogen-bond donors (Lipinski definition) is 3. The molecule has 0 aliphatic heterocycles. The lowest BCUT2D eigenvalue weighted by Crippen LogP contribution is -2.48. The van der Waals surface area contributed by atoms with Crippen molar-refractivity contribution in [2.75, 3.05) is 0 Å². The van der Waals surface area contributed by atoms with Crippen molar-refractivity contribution in [3.8, 4) is 0 Å². The maximum atomic E-state index is 12.1.